The minimum absolute atomic E-state index is 0.161. The summed E-state index contributed by atoms with van der Waals surface area (Å²) in [6, 6.07) is 3.44. The van der Waals surface area contributed by atoms with Gasteiger partial charge in [-0.3, -0.25) is 4.72 Å². The monoisotopic (exact) mass is 340 g/mol. The number of benzene rings is 1. The van der Waals surface area contributed by atoms with Crippen LogP contribution in [-0.4, -0.2) is 33.4 Å². The fourth-order valence-electron chi connectivity index (χ4n) is 2.42. The predicted octanol–water partition coefficient (Wildman–Crippen LogP) is 3.12. The number of hydrogen-bond acceptors (Lipinski definition) is 3. The van der Waals surface area contributed by atoms with Crippen LogP contribution < -0.4 is 9.62 Å². The van der Waals surface area contributed by atoms with Crippen LogP contribution in [0.2, 0.25) is 0 Å². The molecule has 2 rings (SSSR count). The van der Waals surface area contributed by atoms with Gasteiger partial charge in [-0.15, -0.1) is 0 Å². The molecule has 22 heavy (non-hydrogen) atoms. The molecule has 9 heteroatoms. The van der Waals surface area contributed by atoms with Gasteiger partial charge in [0.2, 0.25) is 10.0 Å². The third kappa shape index (κ3) is 4.75. The van der Waals surface area contributed by atoms with Crippen LogP contribution in [0.15, 0.2) is 18.2 Å². The van der Waals surface area contributed by atoms with E-state index < -0.39 is 27.8 Å². The van der Waals surface area contributed by atoms with Gasteiger partial charge in [0.05, 0.1) is 11.4 Å². The highest BCUT2D eigenvalue weighted by atomic mass is 32.2. The number of piperidine rings is 1. The molecule has 0 unspecified atom stereocenters. The number of alkyl halides is 3. The maximum absolute atomic E-state index is 13.4. The summed E-state index contributed by atoms with van der Waals surface area (Å²) in [7, 11) is -4.64. The Morgan fingerprint density at radius 1 is 1.14 bits per heavy atom. The molecule has 1 aromatic rings. The fourth-order valence-corrected chi connectivity index (χ4v) is 3.42. The molecule has 0 bridgehead atoms. The highest BCUT2D eigenvalue weighted by Crippen LogP contribution is 2.31. The number of halogens is 4. The minimum atomic E-state index is -4.86. The maximum Gasteiger partial charge on any atom is 0.404 e. The van der Waals surface area contributed by atoms with Crippen LogP contribution in [0.25, 0.3) is 0 Å². The van der Waals surface area contributed by atoms with Gasteiger partial charge in [0.25, 0.3) is 0 Å². The first-order valence-electron chi connectivity index (χ1n) is 6.78. The van der Waals surface area contributed by atoms with Crippen molar-refractivity contribution in [1.82, 2.24) is 0 Å². The van der Waals surface area contributed by atoms with E-state index in [-0.39, 0.29) is 5.69 Å². The molecule has 1 heterocycles. The topological polar surface area (TPSA) is 49.4 Å². The number of anilines is 2. The Labute approximate surface area is 126 Å². The SMILES string of the molecule is O=S(=O)(CC(F)(F)F)Nc1cc(F)ccc1N1CCCCC1. The first kappa shape index (κ1) is 16.9. The number of rotatable bonds is 4. The summed E-state index contributed by atoms with van der Waals surface area (Å²) in [5.41, 5.74) is 0.234. The lowest BCUT2D eigenvalue weighted by Crippen LogP contribution is -2.32. The Balaban J connectivity index is 2.27. The Morgan fingerprint density at radius 2 is 1.77 bits per heavy atom. The zero-order valence-electron chi connectivity index (χ0n) is 11.7. The van der Waals surface area contributed by atoms with Gasteiger partial charge < -0.3 is 4.90 Å². The number of nitrogens with one attached hydrogen (secondary N) is 1. The second-order valence-electron chi connectivity index (χ2n) is 5.19. The number of nitrogens with zero attached hydrogens (tertiary/aromatic N) is 1. The van der Waals surface area contributed by atoms with Crippen molar-refractivity contribution in [2.45, 2.75) is 25.4 Å². The molecule has 1 aromatic carbocycles. The Bertz CT molecular complexity index is 625. The highest BCUT2D eigenvalue weighted by molar-refractivity contribution is 7.92. The summed E-state index contributed by atoms with van der Waals surface area (Å²) < 4.78 is 75.2. The van der Waals surface area contributed by atoms with Gasteiger partial charge >= 0.3 is 6.18 Å². The molecule has 0 saturated carbocycles. The lowest BCUT2D eigenvalue weighted by Gasteiger charge is -2.30. The molecule has 1 saturated heterocycles. The standard InChI is InChI=1S/C13H16F4N2O2S/c14-10-4-5-12(19-6-2-1-3-7-19)11(8-10)18-22(20,21)9-13(15,16)17/h4-5,8,18H,1-3,6-7,9H2. The molecule has 1 fully saturated rings. The smallest absolute Gasteiger partial charge is 0.370 e. The van der Waals surface area contributed by atoms with Crippen molar-refractivity contribution < 1.29 is 26.0 Å². The van der Waals surface area contributed by atoms with Gasteiger partial charge in [0, 0.05) is 19.2 Å². The molecule has 1 N–H and O–H groups in total. The summed E-state index contributed by atoms with van der Waals surface area (Å²) >= 11 is 0. The molecule has 124 valence electrons. The van der Waals surface area contributed by atoms with Crippen LogP contribution in [0.3, 0.4) is 0 Å². The van der Waals surface area contributed by atoms with E-state index in [0.717, 1.165) is 31.4 Å². The summed E-state index contributed by atoms with van der Waals surface area (Å²) in [6.45, 7) is 1.30. The van der Waals surface area contributed by atoms with Gasteiger partial charge in [0.1, 0.15) is 5.82 Å². The predicted molar refractivity (Wildman–Crippen MR) is 75.9 cm³/mol. The first-order valence-corrected chi connectivity index (χ1v) is 8.43. The van der Waals surface area contributed by atoms with Crippen LogP contribution >= 0.6 is 0 Å². The van der Waals surface area contributed by atoms with Crippen LogP contribution in [0.5, 0.6) is 0 Å². The Morgan fingerprint density at radius 3 is 2.36 bits per heavy atom. The van der Waals surface area contributed by atoms with Gasteiger partial charge in [-0.1, -0.05) is 0 Å². The summed E-state index contributed by atoms with van der Waals surface area (Å²) in [5, 5.41) is 0. The summed E-state index contributed by atoms with van der Waals surface area (Å²) in [6.07, 6.45) is -2.03. The molecule has 1 aliphatic rings. The van der Waals surface area contributed by atoms with Crippen molar-refractivity contribution in [1.29, 1.82) is 0 Å². The van der Waals surface area contributed by atoms with E-state index in [4.69, 9.17) is 0 Å². The quantitative estimate of drug-likeness (QED) is 0.857. The summed E-state index contributed by atoms with van der Waals surface area (Å²) in [4.78, 5) is 1.84. The molecular weight excluding hydrogens is 324 g/mol. The molecule has 0 amide bonds. The lowest BCUT2D eigenvalue weighted by atomic mass is 10.1. The number of hydrogen-bond donors (Lipinski definition) is 1. The van der Waals surface area contributed by atoms with Crippen molar-refractivity contribution in [3.05, 3.63) is 24.0 Å². The normalized spacial score (nSPS) is 16.6. The molecule has 0 aliphatic carbocycles. The first-order chi connectivity index (χ1) is 10.2. The average molecular weight is 340 g/mol. The highest BCUT2D eigenvalue weighted by Gasteiger charge is 2.35. The lowest BCUT2D eigenvalue weighted by molar-refractivity contribution is -0.106. The van der Waals surface area contributed by atoms with Gasteiger partial charge in [0.15, 0.2) is 5.75 Å². The van der Waals surface area contributed by atoms with E-state index in [0.29, 0.717) is 18.8 Å². The Kier molecular flexibility index (Phi) is 4.84. The molecule has 0 atom stereocenters. The van der Waals surface area contributed by atoms with Gasteiger partial charge in [-0.05, 0) is 31.4 Å². The average Bonchev–Trinajstić information content (AvgIpc) is 2.36. The summed E-state index contributed by atoms with van der Waals surface area (Å²) in [5.74, 6) is -2.72. The third-order valence-corrected chi connectivity index (χ3v) is 4.51. The molecule has 0 radical (unpaired) electrons. The fraction of sp³-hybridized carbons (Fsp3) is 0.538. The Hall–Kier alpha value is -1.51. The molecular formula is C13H16F4N2O2S. The molecule has 0 spiro atoms. The molecule has 4 nitrogen and oxygen atoms in total. The number of sulfonamides is 1. The second kappa shape index (κ2) is 6.31. The van der Waals surface area contributed by atoms with E-state index in [2.05, 4.69) is 0 Å². The van der Waals surface area contributed by atoms with Gasteiger partial charge in [-0.2, -0.15) is 13.2 Å². The van der Waals surface area contributed by atoms with E-state index in [1.165, 1.54) is 6.07 Å². The van der Waals surface area contributed by atoms with Crippen LogP contribution in [-0.2, 0) is 10.0 Å². The van der Waals surface area contributed by atoms with E-state index >= 15 is 0 Å². The van der Waals surface area contributed by atoms with E-state index in [1.54, 1.807) is 0 Å². The van der Waals surface area contributed by atoms with Crippen molar-refractivity contribution in [3.63, 3.8) is 0 Å². The van der Waals surface area contributed by atoms with Crippen LogP contribution in [0.4, 0.5) is 28.9 Å². The largest absolute Gasteiger partial charge is 0.404 e. The van der Waals surface area contributed by atoms with Crippen molar-refractivity contribution in [2.75, 3.05) is 28.5 Å². The van der Waals surface area contributed by atoms with Crippen molar-refractivity contribution in [2.24, 2.45) is 0 Å². The third-order valence-electron chi connectivity index (χ3n) is 3.27. The van der Waals surface area contributed by atoms with Crippen molar-refractivity contribution in [3.8, 4) is 0 Å². The molecule has 1 aliphatic heterocycles. The second-order valence-corrected chi connectivity index (χ2v) is 6.91. The van der Waals surface area contributed by atoms with E-state index in [1.807, 2.05) is 9.62 Å². The van der Waals surface area contributed by atoms with E-state index in [9.17, 15) is 26.0 Å². The zero-order valence-corrected chi connectivity index (χ0v) is 12.5. The van der Waals surface area contributed by atoms with Gasteiger partial charge in [-0.25, -0.2) is 12.8 Å². The maximum atomic E-state index is 13.4. The minimum Gasteiger partial charge on any atom is -0.370 e. The van der Waals surface area contributed by atoms with Crippen LogP contribution in [0.1, 0.15) is 19.3 Å². The zero-order chi connectivity index (χ0) is 16.4. The van der Waals surface area contributed by atoms with Crippen LogP contribution in [0, 0.1) is 5.82 Å². The van der Waals surface area contributed by atoms with Crippen molar-refractivity contribution >= 4 is 21.4 Å². The molecule has 0 aromatic heterocycles.